The fraction of sp³-hybridized carbons (Fsp3) is 0.174. The van der Waals surface area contributed by atoms with Crippen molar-refractivity contribution in [2.24, 2.45) is 0 Å². The molecule has 0 fully saturated rings. The van der Waals surface area contributed by atoms with E-state index in [4.69, 9.17) is 11.6 Å². The molecule has 0 saturated heterocycles. The number of anilines is 2. The number of carbonyl (C=O) groups is 1. The van der Waals surface area contributed by atoms with E-state index in [1.165, 1.54) is 24.3 Å². The molecule has 0 aliphatic carbocycles. The Bertz CT molecular complexity index is 1280. The van der Waals surface area contributed by atoms with Crippen molar-refractivity contribution in [1.29, 1.82) is 0 Å². The van der Waals surface area contributed by atoms with E-state index in [0.717, 1.165) is 21.5 Å². The third-order valence-corrected chi connectivity index (χ3v) is 6.86. The Hall–Kier alpha value is -3.04. The molecule has 0 heterocycles. The largest absolute Gasteiger partial charge is 0.417 e. The lowest BCUT2D eigenvalue weighted by Crippen LogP contribution is -2.38. The van der Waals surface area contributed by atoms with Gasteiger partial charge in [0.2, 0.25) is 5.91 Å². The van der Waals surface area contributed by atoms with Gasteiger partial charge in [-0.25, -0.2) is 8.42 Å². The summed E-state index contributed by atoms with van der Waals surface area (Å²) in [6, 6.07) is 15.6. The molecule has 0 spiro atoms. The molecule has 174 valence electrons. The van der Waals surface area contributed by atoms with Crippen LogP contribution in [-0.2, 0) is 21.0 Å². The van der Waals surface area contributed by atoms with Crippen LogP contribution in [0.4, 0.5) is 24.5 Å². The van der Waals surface area contributed by atoms with E-state index in [1.807, 2.05) is 6.92 Å². The van der Waals surface area contributed by atoms with Crippen LogP contribution in [0.5, 0.6) is 0 Å². The SMILES string of the molecule is Cc1ccc(S(=O)(=O)N(CC(=O)Nc2ccc(Cl)c(C(F)(F)F)c2)c2cccc(C)c2)cc1. The average Bonchev–Trinajstić information content (AvgIpc) is 2.73. The van der Waals surface area contributed by atoms with Crippen molar-refractivity contribution in [1.82, 2.24) is 0 Å². The lowest BCUT2D eigenvalue weighted by molar-refractivity contribution is -0.137. The van der Waals surface area contributed by atoms with Gasteiger partial charge in [0.05, 0.1) is 21.2 Å². The number of nitrogens with one attached hydrogen (secondary N) is 1. The van der Waals surface area contributed by atoms with E-state index in [2.05, 4.69) is 5.32 Å². The van der Waals surface area contributed by atoms with Crippen LogP contribution in [0, 0.1) is 13.8 Å². The van der Waals surface area contributed by atoms with Crippen molar-refractivity contribution in [3.05, 3.63) is 88.4 Å². The lowest BCUT2D eigenvalue weighted by atomic mass is 10.2. The average molecular weight is 497 g/mol. The molecule has 0 aliphatic rings. The predicted octanol–water partition coefficient (Wildman–Crippen LogP) is 5.81. The molecular formula is C23H20ClF3N2O3S. The van der Waals surface area contributed by atoms with Gasteiger partial charge in [-0.05, 0) is 61.9 Å². The first-order chi connectivity index (χ1) is 15.4. The summed E-state index contributed by atoms with van der Waals surface area (Å²) in [6.07, 6.45) is -4.71. The Morgan fingerprint density at radius 1 is 0.970 bits per heavy atom. The lowest BCUT2D eigenvalue weighted by Gasteiger charge is -2.24. The van der Waals surface area contributed by atoms with Crippen LogP contribution < -0.4 is 9.62 Å². The highest BCUT2D eigenvalue weighted by atomic mass is 35.5. The van der Waals surface area contributed by atoms with Gasteiger partial charge in [0.15, 0.2) is 0 Å². The molecule has 1 amide bonds. The van der Waals surface area contributed by atoms with Crippen LogP contribution in [-0.4, -0.2) is 20.9 Å². The van der Waals surface area contributed by atoms with Crippen LogP contribution in [0.15, 0.2) is 71.6 Å². The summed E-state index contributed by atoms with van der Waals surface area (Å²) in [6.45, 7) is 2.93. The molecule has 3 rings (SSSR count). The maximum Gasteiger partial charge on any atom is 0.417 e. The number of sulfonamides is 1. The van der Waals surface area contributed by atoms with Crippen LogP contribution in [0.2, 0.25) is 5.02 Å². The van der Waals surface area contributed by atoms with Crippen molar-refractivity contribution in [2.45, 2.75) is 24.9 Å². The van der Waals surface area contributed by atoms with E-state index >= 15 is 0 Å². The fourth-order valence-corrected chi connectivity index (χ4v) is 4.72. The summed E-state index contributed by atoms with van der Waals surface area (Å²) in [5.41, 5.74) is 0.609. The number of rotatable bonds is 6. The molecule has 0 radical (unpaired) electrons. The number of nitrogens with zero attached hydrogens (tertiary/aromatic N) is 1. The minimum absolute atomic E-state index is 0.0201. The Kier molecular flexibility index (Phi) is 7.04. The minimum atomic E-state index is -4.71. The zero-order valence-electron chi connectivity index (χ0n) is 17.7. The standard InChI is InChI=1S/C23H20ClF3N2O3S/c1-15-6-9-19(10-7-15)33(31,32)29(18-5-3-4-16(2)12-18)14-22(30)28-17-8-11-21(24)20(13-17)23(25,26)27/h3-13H,14H2,1-2H3,(H,28,30). The molecule has 0 aliphatic heterocycles. The summed E-state index contributed by atoms with van der Waals surface area (Å²) in [4.78, 5) is 12.7. The number of aryl methyl sites for hydroxylation is 2. The Morgan fingerprint density at radius 2 is 1.64 bits per heavy atom. The summed E-state index contributed by atoms with van der Waals surface area (Å²) in [7, 11) is -4.14. The second-order valence-corrected chi connectivity index (χ2v) is 9.67. The van der Waals surface area contributed by atoms with Crippen LogP contribution in [0.1, 0.15) is 16.7 Å². The molecule has 0 atom stereocenters. The molecule has 0 unspecified atom stereocenters. The van der Waals surface area contributed by atoms with Crippen molar-refractivity contribution in [3.8, 4) is 0 Å². The molecule has 1 N–H and O–H groups in total. The van der Waals surface area contributed by atoms with E-state index in [9.17, 15) is 26.4 Å². The summed E-state index contributed by atoms with van der Waals surface area (Å²) >= 11 is 5.62. The van der Waals surface area contributed by atoms with Gasteiger partial charge in [-0.1, -0.05) is 41.4 Å². The number of halogens is 4. The highest BCUT2D eigenvalue weighted by molar-refractivity contribution is 7.92. The minimum Gasteiger partial charge on any atom is -0.324 e. The highest BCUT2D eigenvalue weighted by Gasteiger charge is 2.34. The Balaban J connectivity index is 1.94. The topological polar surface area (TPSA) is 66.5 Å². The first-order valence-corrected chi connectivity index (χ1v) is 11.5. The highest BCUT2D eigenvalue weighted by Crippen LogP contribution is 2.36. The molecule has 0 aromatic heterocycles. The van der Waals surface area contributed by atoms with Crippen molar-refractivity contribution in [2.75, 3.05) is 16.2 Å². The molecule has 3 aromatic carbocycles. The maximum absolute atomic E-state index is 13.4. The number of hydrogen-bond acceptors (Lipinski definition) is 3. The zero-order chi connectivity index (χ0) is 24.4. The molecule has 5 nitrogen and oxygen atoms in total. The van der Waals surface area contributed by atoms with Crippen LogP contribution in [0.3, 0.4) is 0 Å². The Morgan fingerprint density at radius 3 is 2.24 bits per heavy atom. The van der Waals surface area contributed by atoms with E-state index in [1.54, 1.807) is 37.3 Å². The monoisotopic (exact) mass is 496 g/mol. The number of alkyl halides is 3. The molecule has 10 heteroatoms. The normalized spacial score (nSPS) is 11.8. The molecule has 0 saturated carbocycles. The Labute approximate surface area is 194 Å². The molecule has 3 aromatic rings. The third kappa shape index (κ3) is 5.85. The smallest absolute Gasteiger partial charge is 0.324 e. The predicted molar refractivity (Wildman–Crippen MR) is 122 cm³/mol. The maximum atomic E-state index is 13.4. The number of carbonyl (C=O) groups excluding carboxylic acids is 1. The second-order valence-electron chi connectivity index (χ2n) is 7.40. The molecular weight excluding hydrogens is 477 g/mol. The van der Waals surface area contributed by atoms with Gasteiger partial charge in [0.1, 0.15) is 6.54 Å². The van der Waals surface area contributed by atoms with Crippen molar-refractivity contribution >= 4 is 38.9 Å². The van der Waals surface area contributed by atoms with E-state index in [-0.39, 0.29) is 16.3 Å². The van der Waals surface area contributed by atoms with Gasteiger partial charge >= 0.3 is 6.18 Å². The van der Waals surface area contributed by atoms with Gasteiger partial charge in [-0.15, -0.1) is 0 Å². The quantitative estimate of drug-likeness (QED) is 0.468. The number of benzene rings is 3. The van der Waals surface area contributed by atoms with Crippen LogP contribution in [0.25, 0.3) is 0 Å². The third-order valence-electron chi connectivity index (χ3n) is 4.74. The van der Waals surface area contributed by atoms with Gasteiger partial charge in [-0.3, -0.25) is 9.10 Å². The molecule has 0 bridgehead atoms. The van der Waals surface area contributed by atoms with Crippen molar-refractivity contribution in [3.63, 3.8) is 0 Å². The molecule has 33 heavy (non-hydrogen) atoms. The summed E-state index contributed by atoms with van der Waals surface area (Å²) in [5.74, 6) is -0.817. The van der Waals surface area contributed by atoms with E-state index in [0.29, 0.717) is 6.07 Å². The van der Waals surface area contributed by atoms with Gasteiger partial charge in [-0.2, -0.15) is 13.2 Å². The number of hydrogen-bond donors (Lipinski definition) is 1. The van der Waals surface area contributed by atoms with Gasteiger partial charge < -0.3 is 5.32 Å². The van der Waals surface area contributed by atoms with E-state index < -0.39 is 39.2 Å². The van der Waals surface area contributed by atoms with Gasteiger partial charge in [0.25, 0.3) is 10.0 Å². The first-order valence-electron chi connectivity index (χ1n) is 9.70. The zero-order valence-corrected chi connectivity index (χ0v) is 19.2. The summed E-state index contributed by atoms with van der Waals surface area (Å²) in [5, 5.41) is 1.82. The van der Waals surface area contributed by atoms with Gasteiger partial charge in [0, 0.05) is 5.69 Å². The second kappa shape index (κ2) is 9.44. The van der Waals surface area contributed by atoms with Crippen molar-refractivity contribution < 1.29 is 26.4 Å². The first kappa shape index (κ1) is 24.6. The van der Waals surface area contributed by atoms with Crippen LogP contribution >= 0.6 is 11.6 Å². The fourth-order valence-electron chi connectivity index (χ4n) is 3.09. The number of amides is 1. The summed E-state index contributed by atoms with van der Waals surface area (Å²) < 4.78 is 67.0.